The number of nitrogens with one attached hydrogen (secondary N) is 1. The number of furan rings is 1. The molecular weight excluding hydrogens is 430 g/mol. The zero-order valence-electron chi connectivity index (χ0n) is 17.8. The van der Waals surface area contributed by atoms with Crippen LogP contribution in [0.4, 0.5) is 17.1 Å². The lowest BCUT2D eigenvalue weighted by atomic mass is 10.1. The van der Waals surface area contributed by atoms with Crippen LogP contribution < -0.4 is 10.2 Å². The third kappa shape index (κ3) is 4.85. The van der Waals surface area contributed by atoms with Crippen LogP contribution in [0.25, 0.3) is 11.3 Å². The van der Waals surface area contributed by atoms with Crippen molar-refractivity contribution in [2.75, 3.05) is 43.6 Å². The third-order valence-corrected chi connectivity index (χ3v) is 5.18. The van der Waals surface area contributed by atoms with E-state index in [9.17, 15) is 19.7 Å². The van der Waals surface area contributed by atoms with Gasteiger partial charge in [0.1, 0.15) is 5.76 Å². The molecule has 1 amide bonds. The Morgan fingerprint density at radius 3 is 2.61 bits per heavy atom. The van der Waals surface area contributed by atoms with Crippen molar-refractivity contribution in [2.45, 2.75) is 0 Å². The summed E-state index contributed by atoms with van der Waals surface area (Å²) < 4.78 is 15.9. The van der Waals surface area contributed by atoms with Crippen LogP contribution in [0.2, 0.25) is 0 Å². The highest BCUT2D eigenvalue weighted by atomic mass is 16.6. The van der Waals surface area contributed by atoms with Gasteiger partial charge in [0.2, 0.25) is 0 Å². The quantitative estimate of drug-likeness (QED) is 0.342. The number of morpholine rings is 1. The van der Waals surface area contributed by atoms with Crippen LogP contribution >= 0.6 is 0 Å². The Bertz CT molecular complexity index is 1200. The average Bonchev–Trinajstić information content (AvgIpc) is 3.35. The minimum atomic E-state index is -0.526. The van der Waals surface area contributed by atoms with Crippen molar-refractivity contribution in [3.8, 4) is 11.3 Å². The number of ether oxygens (including phenoxy) is 2. The first-order valence-corrected chi connectivity index (χ1v) is 10.2. The van der Waals surface area contributed by atoms with E-state index in [1.165, 1.54) is 25.3 Å². The van der Waals surface area contributed by atoms with Gasteiger partial charge in [-0.05, 0) is 30.3 Å². The van der Waals surface area contributed by atoms with Crippen molar-refractivity contribution in [3.05, 3.63) is 76.0 Å². The van der Waals surface area contributed by atoms with Gasteiger partial charge >= 0.3 is 5.97 Å². The van der Waals surface area contributed by atoms with Gasteiger partial charge in [0.25, 0.3) is 11.6 Å². The SMILES string of the molecule is COC(=O)c1cc(NC(=O)c2ccc(-c3cccc([N+](=O)[O-])c3)o2)ccc1N1CCOCC1. The molecule has 1 fully saturated rings. The Hall–Kier alpha value is -4.18. The number of nitro groups is 1. The van der Waals surface area contributed by atoms with Crippen LogP contribution in [0.5, 0.6) is 0 Å². The number of amides is 1. The van der Waals surface area contributed by atoms with E-state index < -0.39 is 16.8 Å². The summed E-state index contributed by atoms with van der Waals surface area (Å²) in [4.78, 5) is 37.6. The number of carbonyl (C=O) groups is 2. The number of non-ortho nitro benzene ring substituents is 1. The first-order chi connectivity index (χ1) is 16.0. The highest BCUT2D eigenvalue weighted by Crippen LogP contribution is 2.28. The zero-order chi connectivity index (χ0) is 23.4. The van der Waals surface area contributed by atoms with Crippen LogP contribution in [-0.4, -0.2) is 50.2 Å². The highest BCUT2D eigenvalue weighted by molar-refractivity contribution is 6.04. The Kier molecular flexibility index (Phi) is 6.36. The van der Waals surface area contributed by atoms with E-state index in [2.05, 4.69) is 5.32 Å². The Morgan fingerprint density at radius 1 is 1.09 bits per heavy atom. The van der Waals surface area contributed by atoms with E-state index in [-0.39, 0.29) is 11.4 Å². The number of esters is 1. The lowest BCUT2D eigenvalue weighted by Gasteiger charge is -2.30. The van der Waals surface area contributed by atoms with E-state index in [0.29, 0.717) is 54.6 Å². The van der Waals surface area contributed by atoms with Crippen LogP contribution in [-0.2, 0) is 9.47 Å². The molecule has 170 valence electrons. The molecule has 0 saturated carbocycles. The fourth-order valence-corrected chi connectivity index (χ4v) is 3.55. The summed E-state index contributed by atoms with van der Waals surface area (Å²) in [5.41, 5.74) is 1.82. The summed E-state index contributed by atoms with van der Waals surface area (Å²) in [6, 6.07) is 14.0. The molecule has 1 aliphatic heterocycles. The molecule has 1 saturated heterocycles. The second-order valence-electron chi connectivity index (χ2n) is 7.25. The number of methoxy groups -OCH3 is 1. The number of hydrogen-bond acceptors (Lipinski definition) is 8. The van der Waals surface area contributed by atoms with Crippen molar-refractivity contribution in [2.24, 2.45) is 0 Å². The van der Waals surface area contributed by atoms with Crippen molar-refractivity contribution in [1.82, 2.24) is 0 Å². The monoisotopic (exact) mass is 451 g/mol. The minimum absolute atomic E-state index is 0.0216. The smallest absolute Gasteiger partial charge is 0.340 e. The molecule has 3 aromatic rings. The maximum absolute atomic E-state index is 12.7. The molecule has 1 N–H and O–H groups in total. The van der Waals surface area contributed by atoms with Gasteiger partial charge < -0.3 is 24.1 Å². The van der Waals surface area contributed by atoms with Gasteiger partial charge in [-0.1, -0.05) is 12.1 Å². The molecule has 10 nitrogen and oxygen atoms in total. The fraction of sp³-hybridized carbons (Fsp3) is 0.217. The number of carbonyl (C=O) groups excluding carboxylic acids is 2. The molecule has 0 unspecified atom stereocenters. The predicted molar refractivity (Wildman–Crippen MR) is 120 cm³/mol. The van der Waals surface area contributed by atoms with Crippen LogP contribution in [0.3, 0.4) is 0 Å². The molecule has 2 aromatic carbocycles. The third-order valence-electron chi connectivity index (χ3n) is 5.18. The highest BCUT2D eigenvalue weighted by Gasteiger charge is 2.21. The van der Waals surface area contributed by atoms with Gasteiger partial charge in [-0.3, -0.25) is 14.9 Å². The predicted octanol–water partition coefficient (Wildman–Crippen LogP) is 3.73. The van der Waals surface area contributed by atoms with Crippen LogP contribution in [0.1, 0.15) is 20.9 Å². The average molecular weight is 451 g/mol. The molecule has 2 heterocycles. The minimum Gasteiger partial charge on any atom is -0.465 e. The van der Waals surface area contributed by atoms with Gasteiger partial charge in [-0.25, -0.2) is 4.79 Å². The van der Waals surface area contributed by atoms with Gasteiger partial charge in [-0.2, -0.15) is 0 Å². The van der Waals surface area contributed by atoms with E-state index in [1.807, 2.05) is 4.90 Å². The first kappa shape index (κ1) is 22.0. The molecular formula is C23H21N3O7. The van der Waals surface area contributed by atoms with Crippen LogP contribution in [0, 0.1) is 10.1 Å². The maximum Gasteiger partial charge on any atom is 0.340 e. The van der Waals surface area contributed by atoms with E-state index in [0.717, 1.165) is 0 Å². The van der Waals surface area contributed by atoms with Crippen LogP contribution in [0.15, 0.2) is 59.0 Å². The molecule has 1 aromatic heterocycles. The van der Waals surface area contributed by atoms with Crippen molar-refractivity contribution >= 4 is 28.9 Å². The molecule has 0 bridgehead atoms. The molecule has 1 aliphatic rings. The second kappa shape index (κ2) is 9.53. The number of rotatable bonds is 6. The zero-order valence-corrected chi connectivity index (χ0v) is 17.8. The molecule has 33 heavy (non-hydrogen) atoms. The van der Waals surface area contributed by atoms with E-state index >= 15 is 0 Å². The summed E-state index contributed by atoms with van der Waals surface area (Å²) in [5.74, 6) is -0.699. The van der Waals surface area contributed by atoms with Gasteiger partial charge in [-0.15, -0.1) is 0 Å². The number of nitro benzene ring substituents is 1. The van der Waals surface area contributed by atoms with E-state index in [4.69, 9.17) is 13.9 Å². The van der Waals surface area contributed by atoms with Crippen molar-refractivity contribution in [1.29, 1.82) is 0 Å². The first-order valence-electron chi connectivity index (χ1n) is 10.2. The maximum atomic E-state index is 12.7. The summed E-state index contributed by atoms with van der Waals surface area (Å²) in [6.07, 6.45) is 0. The van der Waals surface area contributed by atoms with E-state index in [1.54, 1.807) is 36.4 Å². The van der Waals surface area contributed by atoms with Crippen molar-refractivity contribution in [3.63, 3.8) is 0 Å². The van der Waals surface area contributed by atoms with Crippen molar-refractivity contribution < 1.29 is 28.4 Å². The van der Waals surface area contributed by atoms with Gasteiger partial charge in [0.05, 0.1) is 36.5 Å². The normalized spacial score (nSPS) is 13.4. The number of nitrogens with zero attached hydrogens (tertiary/aromatic N) is 2. The lowest BCUT2D eigenvalue weighted by Crippen LogP contribution is -2.37. The molecule has 10 heteroatoms. The molecule has 4 rings (SSSR count). The second-order valence-corrected chi connectivity index (χ2v) is 7.25. The number of benzene rings is 2. The fourth-order valence-electron chi connectivity index (χ4n) is 3.55. The summed E-state index contributed by atoms with van der Waals surface area (Å²) in [6.45, 7) is 2.40. The summed E-state index contributed by atoms with van der Waals surface area (Å²) in [7, 11) is 1.30. The largest absolute Gasteiger partial charge is 0.465 e. The summed E-state index contributed by atoms with van der Waals surface area (Å²) in [5, 5.41) is 13.7. The van der Waals surface area contributed by atoms with Gasteiger partial charge in [0, 0.05) is 36.5 Å². The number of anilines is 2. The topological polar surface area (TPSA) is 124 Å². The Morgan fingerprint density at radius 2 is 1.88 bits per heavy atom. The number of hydrogen-bond donors (Lipinski definition) is 1. The standard InChI is InChI=1S/C23H21N3O7/c1-31-23(28)18-14-16(5-6-19(18)25-9-11-32-12-10-25)24-22(27)21-8-7-20(33-21)15-3-2-4-17(13-15)26(29)30/h2-8,13-14H,9-12H2,1H3,(H,24,27). The lowest BCUT2D eigenvalue weighted by molar-refractivity contribution is -0.384. The summed E-state index contributed by atoms with van der Waals surface area (Å²) >= 11 is 0. The Labute approximate surface area is 188 Å². The molecule has 0 spiro atoms. The molecule has 0 aliphatic carbocycles. The van der Waals surface area contributed by atoms with Gasteiger partial charge in [0.15, 0.2) is 5.76 Å². The molecule has 0 atom stereocenters. The molecule has 0 radical (unpaired) electrons. The Balaban J connectivity index is 1.54.